The molecular formula is C15H14BrClFNO2. The van der Waals surface area contributed by atoms with Crippen molar-refractivity contribution in [2.75, 3.05) is 7.11 Å². The molecule has 0 heterocycles. The van der Waals surface area contributed by atoms with E-state index in [2.05, 4.69) is 15.9 Å². The van der Waals surface area contributed by atoms with Crippen molar-refractivity contribution in [1.29, 1.82) is 0 Å². The van der Waals surface area contributed by atoms with E-state index in [-0.39, 0.29) is 12.4 Å². The molecule has 0 aliphatic carbocycles. The third kappa shape index (κ3) is 3.87. The van der Waals surface area contributed by atoms with E-state index in [1.165, 1.54) is 13.2 Å². The normalized spacial score (nSPS) is 10.5. The lowest BCUT2D eigenvalue weighted by molar-refractivity contribution is 0.279. The van der Waals surface area contributed by atoms with Gasteiger partial charge in [-0.1, -0.05) is 33.6 Å². The van der Waals surface area contributed by atoms with Crippen LogP contribution in [0.2, 0.25) is 5.02 Å². The van der Waals surface area contributed by atoms with Crippen LogP contribution in [0.5, 0.6) is 11.5 Å². The van der Waals surface area contributed by atoms with Gasteiger partial charge in [0.2, 0.25) is 0 Å². The average Bonchev–Trinajstić information content (AvgIpc) is 2.46. The van der Waals surface area contributed by atoms with Crippen LogP contribution in [0.4, 0.5) is 4.39 Å². The molecule has 0 aliphatic heterocycles. The van der Waals surface area contributed by atoms with E-state index in [4.69, 9.17) is 26.8 Å². The molecule has 2 aromatic carbocycles. The molecule has 0 unspecified atom stereocenters. The zero-order valence-electron chi connectivity index (χ0n) is 11.3. The van der Waals surface area contributed by atoms with Crippen LogP contribution in [0, 0.1) is 5.82 Å². The minimum atomic E-state index is -0.349. The van der Waals surface area contributed by atoms with Crippen molar-refractivity contribution >= 4 is 27.5 Å². The first-order chi connectivity index (χ1) is 10.0. The largest absolute Gasteiger partial charge is 0.493 e. The van der Waals surface area contributed by atoms with Crippen LogP contribution >= 0.6 is 27.5 Å². The maximum Gasteiger partial charge on any atom is 0.180 e. The molecule has 2 rings (SSSR count). The summed E-state index contributed by atoms with van der Waals surface area (Å²) in [4.78, 5) is 0. The lowest BCUT2D eigenvalue weighted by atomic mass is 10.2. The Morgan fingerprint density at radius 2 is 2.05 bits per heavy atom. The summed E-state index contributed by atoms with van der Waals surface area (Å²) in [7, 11) is 1.51. The van der Waals surface area contributed by atoms with Crippen LogP contribution in [-0.4, -0.2) is 7.11 Å². The van der Waals surface area contributed by atoms with Gasteiger partial charge in [0.05, 0.1) is 12.1 Å². The summed E-state index contributed by atoms with van der Waals surface area (Å²) in [6.07, 6.45) is 0. The van der Waals surface area contributed by atoms with Gasteiger partial charge in [0, 0.05) is 16.6 Å². The highest BCUT2D eigenvalue weighted by Crippen LogP contribution is 2.37. The molecule has 6 heteroatoms. The van der Waals surface area contributed by atoms with Crippen molar-refractivity contribution in [1.82, 2.24) is 0 Å². The van der Waals surface area contributed by atoms with Gasteiger partial charge in [0.1, 0.15) is 12.4 Å². The number of hydrogen-bond acceptors (Lipinski definition) is 3. The van der Waals surface area contributed by atoms with E-state index in [1.807, 2.05) is 0 Å². The number of nitrogens with two attached hydrogens (primary N) is 1. The number of methoxy groups -OCH3 is 1. The van der Waals surface area contributed by atoms with E-state index in [1.54, 1.807) is 24.3 Å². The SMILES string of the molecule is COc1cc(CN)cc(Cl)c1OCc1ccc(Br)cc1F. The summed E-state index contributed by atoms with van der Waals surface area (Å²) in [5.41, 5.74) is 6.84. The summed E-state index contributed by atoms with van der Waals surface area (Å²) >= 11 is 9.37. The third-order valence-corrected chi connectivity index (χ3v) is 3.69. The monoisotopic (exact) mass is 373 g/mol. The molecule has 0 radical (unpaired) electrons. The van der Waals surface area contributed by atoms with Gasteiger partial charge in [0.25, 0.3) is 0 Å². The molecule has 2 N–H and O–H groups in total. The second-order valence-corrected chi connectivity index (χ2v) is 5.66. The highest BCUT2D eigenvalue weighted by Gasteiger charge is 2.13. The highest BCUT2D eigenvalue weighted by atomic mass is 79.9. The number of ether oxygens (including phenoxy) is 2. The Morgan fingerprint density at radius 1 is 1.29 bits per heavy atom. The summed E-state index contributed by atoms with van der Waals surface area (Å²) in [5.74, 6) is 0.497. The fraction of sp³-hybridized carbons (Fsp3) is 0.200. The summed E-state index contributed by atoms with van der Waals surface area (Å²) < 4.78 is 25.3. The summed E-state index contributed by atoms with van der Waals surface area (Å²) in [6, 6.07) is 8.23. The quantitative estimate of drug-likeness (QED) is 0.849. The van der Waals surface area contributed by atoms with Crippen molar-refractivity contribution in [3.8, 4) is 11.5 Å². The smallest absolute Gasteiger partial charge is 0.180 e. The van der Waals surface area contributed by atoms with E-state index >= 15 is 0 Å². The first kappa shape index (κ1) is 16.1. The second kappa shape index (κ2) is 7.11. The minimum Gasteiger partial charge on any atom is -0.493 e. The number of hydrogen-bond donors (Lipinski definition) is 1. The highest BCUT2D eigenvalue weighted by molar-refractivity contribution is 9.10. The Hall–Kier alpha value is -1.30. The third-order valence-electron chi connectivity index (χ3n) is 2.91. The van der Waals surface area contributed by atoms with Gasteiger partial charge in [-0.2, -0.15) is 0 Å². The Kier molecular flexibility index (Phi) is 5.45. The van der Waals surface area contributed by atoms with Crippen LogP contribution in [-0.2, 0) is 13.2 Å². The fourth-order valence-electron chi connectivity index (χ4n) is 1.82. The van der Waals surface area contributed by atoms with Crippen LogP contribution < -0.4 is 15.2 Å². The van der Waals surface area contributed by atoms with Crippen LogP contribution in [0.25, 0.3) is 0 Å². The van der Waals surface area contributed by atoms with Gasteiger partial charge in [-0.25, -0.2) is 4.39 Å². The molecule has 2 aromatic rings. The van der Waals surface area contributed by atoms with E-state index in [9.17, 15) is 4.39 Å². The first-order valence-corrected chi connectivity index (χ1v) is 7.35. The topological polar surface area (TPSA) is 44.5 Å². The van der Waals surface area contributed by atoms with E-state index < -0.39 is 0 Å². The van der Waals surface area contributed by atoms with Gasteiger partial charge < -0.3 is 15.2 Å². The lowest BCUT2D eigenvalue weighted by Crippen LogP contribution is -2.03. The number of rotatable bonds is 5. The predicted octanol–water partition coefficient (Wildman–Crippen LogP) is 4.29. The maximum absolute atomic E-state index is 13.8. The molecule has 0 spiro atoms. The first-order valence-electron chi connectivity index (χ1n) is 6.18. The van der Waals surface area contributed by atoms with E-state index in [0.717, 1.165) is 5.56 Å². The molecule has 0 atom stereocenters. The molecule has 3 nitrogen and oxygen atoms in total. The molecular weight excluding hydrogens is 361 g/mol. The average molecular weight is 375 g/mol. The molecule has 0 amide bonds. The van der Waals surface area contributed by atoms with Crippen LogP contribution in [0.15, 0.2) is 34.8 Å². The van der Waals surface area contributed by atoms with Gasteiger partial charge >= 0.3 is 0 Å². The number of benzene rings is 2. The molecule has 0 saturated carbocycles. The zero-order chi connectivity index (χ0) is 15.4. The second-order valence-electron chi connectivity index (χ2n) is 4.34. The van der Waals surface area contributed by atoms with Crippen molar-refractivity contribution in [3.05, 3.63) is 56.8 Å². The Balaban J connectivity index is 2.23. The molecule has 0 aliphatic rings. The van der Waals surface area contributed by atoms with Gasteiger partial charge in [-0.15, -0.1) is 0 Å². The fourth-order valence-corrected chi connectivity index (χ4v) is 2.44. The van der Waals surface area contributed by atoms with Gasteiger partial charge in [-0.05, 0) is 29.8 Å². The Bertz CT molecular complexity index is 652. The van der Waals surface area contributed by atoms with Gasteiger partial charge in [-0.3, -0.25) is 0 Å². The Labute approximate surface area is 135 Å². The maximum atomic E-state index is 13.8. The van der Waals surface area contributed by atoms with Crippen molar-refractivity contribution in [2.45, 2.75) is 13.2 Å². The molecule has 0 bridgehead atoms. The van der Waals surface area contributed by atoms with Crippen molar-refractivity contribution in [2.24, 2.45) is 5.73 Å². The van der Waals surface area contributed by atoms with E-state index in [0.29, 0.717) is 33.1 Å². The zero-order valence-corrected chi connectivity index (χ0v) is 13.7. The van der Waals surface area contributed by atoms with Crippen molar-refractivity contribution in [3.63, 3.8) is 0 Å². The molecule has 0 aromatic heterocycles. The lowest BCUT2D eigenvalue weighted by Gasteiger charge is -2.14. The van der Waals surface area contributed by atoms with Crippen molar-refractivity contribution < 1.29 is 13.9 Å². The standard InChI is InChI=1S/C15H14BrClFNO2/c1-20-14-5-9(7-19)4-12(17)15(14)21-8-10-2-3-11(16)6-13(10)18/h2-6H,7-8,19H2,1H3. The van der Waals surface area contributed by atoms with Crippen LogP contribution in [0.3, 0.4) is 0 Å². The minimum absolute atomic E-state index is 0.0527. The van der Waals surface area contributed by atoms with Gasteiger partial charge in [0.15, 0.2) is 11.5 Å². The number of halogens is 3. The predicted molar refractivity (Wildman–Crippen MR) is 84.3 cm³/mol. The summed E-state index contributed by atoms with van der Waals surface area (Å²) in [6.45, 7) is 0.398. The molecule has 21 heavy (non-hydrogen) atoms. The summed E-state index contributed by atoms with van der Waals surface area (Å²) in [5, 5.41) is 0.382. The molecule has 0 fully saturated rings. The molecule has 0 saturated heterocycles. The molecule has 112 valence electrons. The van der Waals surface area contributed by atoms with Crippen LogP contribution in [0.1, 0.15) is 11.1 Å². The Morgan fingerprint density at radius 3 is 2.67 bits per heavy atom.